The van der Waals surface area contributed by atoms with E-state index in [2.05, 4.69) is 13.5 Å². The lowest BCUT2D eigenvalue weighted by Crippen LogP contribution is -2.76. The second-order valence-electron chi connectivity index (χ2n) is 13.2. The highest BCUT2D eigenvalue weighted by Gasteiger charge is 2.76. The van der Waals surface area contributed by atoms with E-state index in [-0.39, 0.29) is 13.2 Å². The zero-order valence-electron chi connectivity index (χ0n) is 26.5. The fourth-order valence-corrected chi connectivity index (χ4v) is 9.43. The van der Waals surface area contributed by atoms with E-state index in [4.69, 9.17) is 23.7 Å². The highest BCUT2D eigenvalue weighted by atomic mass is 16.6. The molecule has 10 nitrogen and oxygen atoms in total. The summed E-state index contributed by atoms with van der Waals surface area (Å²) >= 11 is 0. The number of carbonyl (C=O) groups is 4. The number of hydrogen-bond acceptors (Lipinski definition) is 10. The zero-order valence-corrected chi connectivity index (χ0v) is 26.5. The quantitative estimate of drug-likeness (QED) is 0.271. The van der Waals surface area contributed by atoms with Crippen LogP contribution in [0.2, 0.25) is 0 Å². The summed E-state index contributed by atoms with van der Waals surface area (Å²) in [6.07, 6.45) is 4.48. The van der Waals surface area contributed by atoms with Gasteiger partial charge in [-0.25, -0.2) is 0 Å². The number of fused-ring (bicyclic) bond motifs is 5. The van der Waals surface area contributed by atoms with Crippen molar-refractivity contribution < 1.29 is 48.0 Å². The van der Waals surface area contributed by atoms with E-state index < -0.39 is 87.9 Å². The van der Waals surface area contributed by atoms with Gasteiger partial charge in [-0.3, -0.25) is 19.2 Å². The molecule has 0 spiro atoms. The number of hydrogen-bond donors (Lipinski definition) is 1. The normalized spacial score (nSPS) is 42.4. The van der Waals surface area contributed by atoms with Crippen molar-refractivity contribution in [3.05, 3.63) is 36.5 Å². The first-order valence-corrected chi connectivity index (χ1v) is 15.0. The summed E-state index contributed by atoms with van der Waals surface area (Å²) in [4.78, 5) is 50.6. The molecule has 0 radical (unpaired) electrons. The Morgan fingerprint density at radius 2 is 1.67 bits per heavy atom. The minimum atomic E-state index is -1.44. The van der Waals surface area contributed by atoms with Gasteiger partial charge in [-0.1, -0.05) is 38.7 Å². The molecule has 43 heavy (non-hydrogen) atoms. The Bertz CT molecular complexity index is 1240. The van der Waals surface area contributed by atoms with Gasteiger partial charge in [-0.15, -0.1) is 0 Å². The molecule has 3 aliphatic carbocycles. The summed E-state index contributed by atoms with van der Waals surface area (Å²) in [5.41, 5.74) is -3.72. The Labute approximate surface area is 253 Å². The van der Waals surface area contributed by atoms with Crippen LogP contribution >= 0.6 is 0 Å². The Morgan fingerprint density at radius 1 is 1.05 bits per heavy atom. The van der Waals surface area contributed by atoms with Gasteiger partial charge in [0.05, 0.1) is 18.6 Å². The van der Waals surface area contributed by atoms with Crippen LogP contribution in [0.1, 0.15) is 68.2 Å². The largest absolute Gasteiger partial charge is 0.462 e. The molecule has 0 saturated heterocycles. The molecule has 0 aromatic rings. The van der Waals surface area contributed by atoms with Crippen LogP contribution in [-0.4, -0.2) is 72.2 Å². The van der Waals surface area contributed by atoms with Crippen molar-refractivity contribution in [1.82, 2.24) is 0 Å². The Kier molecular flexibility index (Phi) is 8.81. The van der Waals surface area contributed by atoms with Crippen LogP contribution in [0.25, 0.3) is 0 Å². The standard InChI is InChI=1S/C33H46O10/c1-10-33(38)18(2)16-26(41-21(5)35)31(9)25(33)13-14-30(8)24-12-11-15-39-17-32(24,19(3)40-20(4)34)29(43-23(7)37)27(28(30)31)42-22(6)36/h10-12,16,19,24-29,38H,1,13-15,17H2,2-9H3/t19-,24?,25?,26-,27+,28?,29+,30+,31-,32-,33?/m1/s1. The predicted molar refractivity (Wildman–Crippen MR) is 155 cm³/mol. The average Bonchev–Trinajstić information content (AvgIpc) is 3.13. The van der Waals surface area contributed by atoms with E-state index in [1.807, 2.05) is 19.1 Å². The van der Waals surface area contributed by atoms with Crippen molar-refractivity contribution >= 4 is 23.9 Å². The second-order valence-corrected chi connectivity index (χ2v) is 13.2. The van der Waals surface area contributed by atoms with E-state index >= 15 is 0 Å². The minimum Gasteiger partial charge on any atom is -0.462 e. The summed E-state index contributed by atoms with van der Waals surface area (Å²) in [6, 6.07) is 0. The molecule has 1 aliphatic heterocycles. The van der Waals surface area contributed by atoms with E-state index in [0.29, 0.717) is 18.4 Å². The van der Waals surface area contributed by atoms with Crippen LogP contribution in [0.15, 0.2) is 36.5 Å². The monoisotopic (exact) mass is 602 g/mol. The molecule has 4 aliphatic rings. The molecular formula is C33H46O10. The molecule has 4 unspecified atom stereocenters. The first kappa shape index (κ1) is 32.9. The molecule has 11 atom stereocenters. The van der Waals surface area contributed by atoms with Gasteiger partial charge in [0.1, 0.15) is 23.9 Å². The van der Waals surface area contributed by atoms with Crippen LogP contribution in [0, 0.1) is 34.0 Å². The highest BCUT2D eigenvalue weighted by Crippen LogP contribution is 2.71. The molecule has 4 rings (SSSR count). The van der Waals surface area contributed by atoms with E-state index in [0.717, 1.165) is 0 Å². The Hall–Kier alpha value is -2.98. The van der Waals surface area contributed by atoms with Gasteiger partial charge >= 0.3 is 23.9 Å². The molecule has 2 saturated carbocycles. The topological polar surface area (TPSA) is 135 Å². The lowest BCUT2D eigenvalue weighted by Gasteiger charge is -2.70. The van der Waals surface area contributed by atoms with E-state index in [9.17, 15) is 24.3 Å². The average molecular weight is 603 g/mol. The van der Waals surface area contributed by atoms with Crippen molar-refractivity contribution in [2.24, 2.45) is 34.0 Å². The molecule has 1 heterocycles. The Balaban J connectivity index is 2.10. The van der Waals surface area contributed by atoms with Crippen molar-refractivity contribution in [3.8, 4) is 0 Å². The summed E-state index contributed by atoms with van der Waals surface area (Å²) in [5, 5.41) is 12.1. The van der Waals surface area contributed by atoms with Gasteiger partial charge in [-0.05, 0) is 49.7 Å². The fourth-order valence-electron chi connectivity index (χ4n) is 9.43. The third-order valence-corrected chi connectivity index (χ3v) is 10.9. The van der Waals surface area contributed by atoms with Crippen molar-refractivity contribution in [2.75, 3.05) is 13.2 Å². The molecule has 10 heteroatoms. The number of allylic oxidation sites excluding steroid dienone is 1. The summed E-state index contributed by atoms with van der Waals surface area (Å²) in [5.74, 6) is -3.73. The van der Waals surface area contributed by atoms with Crippen molar-refractivity contribution in [3.63, 3.8) is 0 Å². The second kappa shape index (κ2) is 11.5. The van der Waals surface area contributed by atoms with Gasteiger partial charge in [-0.2, -0.15) is 0 Å². The molecule has 1 N–H and O–H groups in total. The molecule has 2 fully saturated rings. The molecule has 0 bridgehead atoms. The van der Waals surface area contributed by atoms with Crippen LogP contribution < -0.4 is 0 Å². The zero-order chi connectivity index (χ0) is 32.1. The SMILES string of the molecule is C=CC1(O)C(C)=C[C@@H](OC(C)=O)[C@@]2(C)C1CC[C@]1(C)C2[C@H](OC(C)=O)[C@H](OC(C)=O)[C@@]2([C@@H](C)OC(C)=O)COCC=CC12. The first-order chi connectivity index (χ1) is 20.0. The maximum atomic E-state index is 12.9. The third kappa shape index (κ3) is 5.04. The summed E-state index contributed by atoms with van der Waals surface area (Å²) in [6.45, 7) is 17.1. The molecular weight excluding hydrogens is 556 g/mol. The van der Waals surface area contributed by atoms with Gasteiger partial charge in [0.15, 0.2) is 6.10 Å². The Morgan fingerprint density at radius 3 is 2.23 bits per heavy atom. The van der Waals surface area contributed by atoms with Crippen LogP contribution in [-0.2, 0) is 42.9 Å². The maximum Gasteiger partial charge on any atom is 0.303 e. The van der Waals surface area contributed by atoms with E-state index in [1.54, 1.807) is 19.9 Å². The third-order valence-electron chi connectivity index (χ3n) is 10.9. The van der Waals surface area contributed by atoms with Crippen LogP contribution in [0.3, 0.4) is 0 Å². The maximum absolute atomic E-state index is 12.9. The highest BCUT2D eigenvalue weighted by molar-refractivity contribution is 5.68. The molecule has 238 valence electrons. The van der Waals surface area contributed by atoms with Gasteiger partial charge in [0, 0.05) is 44.9 Å². The number of rotatable bonds is 6. The lowest BCUT2D eigenvalue weighted by atomic mass is 9.36. The van der Waals surface area contributed by atoms with Gasteiger partial charge in [0.2, 0.25) is 0 Å². The summed E-state index contributed by atoms with van der Waals surface area (Å²) < 4.78 is 30.3. The first-order valence-electron chi connectivity index (χ1n) is 15.0. The lowest BCUT2D eigenvalue weighted by molar-refractivity contribution is -0.301. The van der Waals surface area contributed by atoms with Gasteiger partial charge in [0.25, 0.3) is 0 Å². The van der Waals surface area contributed by atoms with Crippen LogP contribution in [0.4, 0.5) is 0 Å². The smallest absolute Gasteiger partial charge is 0.303 e. The van der Waals surface area contributed by atoms with Crippen molar-refractivity contribution in [1.29, 1.82) is 0 Å². The number of aliphatic hydroxyl groups is 1. The van der Waals surface area contributed by atoms with Gasteiger partial charge < -0.3 is 28.8 Å². The van der Waals surface area contributed by atoms with Crippen molar-refractivity contribution in [2.45, 2.75) is 98.2 Å². The number of ether oxygens (including phenoxy) is 5. The van der Waals surface area contributed by atoms with E-state index in [1.165, 1.54) is 33.8 Å². The fraction of sp³-hybridized carbons (Fsp3) is 0.697. The molecule has 0 aromatic heterocycles. The number of carbonyl (C=O) groups excluding carboxylic acids is 4. The summed E-state index contributed by atoms with van der Waals surface area (Å²) in [7, 11) is 0. The minimum absolute atomic E-state index is 0.0558. The molecule has 0 aromatic carbocycles. The molecule has 0 amide bonds. The number of esters is 4. The predicted octanol–water partition coefficient (Wildman–Crippen LogP) is 3.85. The van der Waals surface area contributed by atoms with Crippen LogP contribution in [0.5, 0.6) is 0 Å².